The average molecular weight is 311 g/mol. The van der Waals surface area contributed by atoms with E-state index in [4.69, 9.17) is 23.2 Å². The van der Waals surface area contributed by atoms with Gasteiger partial charge >= 0.3 is 0 Å². The van der Waals surface area contributed by atoms with Crippen molar-refractivity contribution in [3.8, 4) is 11.4 Å². The second kappa shape index (κ2) is 4.10. The lowest BCUT2D eigenvalue weighted by Gasteiger charge is -1.98. The van der Waals surface area contributed by atoms with Gasteiger partial charge in [0.15, 0.2) is 5.82 Å². The maximum atomic E-state index is 5.66. The first-order chi connectivity index (χ1) is 6.66. The van der Waals surface area contributed by atoms with Gasteiger partial charge in [-0.1, -0.05) is 0 Å². The Morgan fingerprint density at radius 1 is 1.07 bits per heavy atom. The maximum Gasteiger partial charge on any atom is 0.227 e. The lowest BCUT2D eigenvalue weighted by molar-refractivity contribution is 1.06. The van der Waals surface area contributed by atoms with Crippen molar-refractivity contribution >= 4 is 50.5 Å². The maximum absolute atomic E-state index is 5.66. The topological polar surface area (TPSA) is 38.7 Å². The molecule has 0 spiro atoms. The van der Waals surface area contributed by atoms with Gasteiger partial charge in [-0.25, -0.2) is 0 Å². The van der Waals surface area contributed by atoms with Crippen molar-refractivity contribution in [1.82, 2.24) is 15.0 Å². The van der Waals surface area contributed by atoms with Crippen LogP contribution in [0.1, 0.15) is 0 Å². The molecule has 0 saturated heterocycles. The third-order valence-electron chi connectivity index (χ3n) is 1.44. The Labute approximate surface area is 102 Å². The zero-order valence-corrected chi connectivity index (χ0v) is 10.5. The molecule has 0 aromatic carbocycles. The lowest BCUT2D eigenvalue weighted by Crippen LogP contribution is -1.92. The van der Waals surface area contributed by atoms with Crippen LogP contribution in [0.15, 0.2) is 15.2 Å². The SMILES string of the molecule is Clc1nc(Cl)nc(-c2cscc2Br)n1. The van der Waals surface area contributed by atoms with Crippen molar-refractivity contribution in [3.05, 3.63) is 25.8 Å². The first kappa shape index (κ1) is 10.3. The van der Waals surface area contributed by atoms with Gasteiger partial charge in [0.2, 0.25) is 10.6 Å². The van der Waals surface area contributed by atoms with Gasteiger partial charge in [-0.3, -0.25) is 0 Å². The Bertz CT molecular complexity index is 453. The molecule has 0 fully saturated rings. The molecule has 0 amide bonds. The number of hydrogen-bond donors (Lipinski definition) is 0. The highest BCUT2D eigenvalue weighted by Crippen LogP contribution is 2.29. The predicted molar refractivity (Wildman–Crippen MR) is 60.9 cm³/mol. The van der Waals surface area contributed by atoms with Crippen LogP contribution in [0.5, 0.6) is 0 Å². The molecule has 2 aromatic rings. The van der Waals surface area contributed by atoms with Gasteiger partial charge in [-0.15, -0.1) is 0 Å². The van der Waals surface area contributed by atoms with Gasteiger partial charge in [0.25, 0.3) is 0 Å². The molecule has 0 unspecified atom stereocenters. The number of nitrogens with zero attached hydrogens (tertiary/aromatic N) is 3. The third kappa shape index (κ3) is 2.06. The highest BCUT2D eigenvalue weighted by Gasteiger charge is 2.09. The highest BCUT2D eigenvalue weighted by molar-refractivity contribution is 9.10. The van der Waals surface area contributed by atoms with E-state index in [2.05, 4.69) is 30.9 Å². The van der Waals surface area contributed by atoms with Gasteiger partial charge in [0, 0.05) is 20.8 Å². The van der Waals surface area contributed by atoms with Crippen LogP contribution >= 0.6 is 50.5 Å². The minimum absolute atomic E-state index is 0.0955. The molecule has 14 heavy (non-hydrogen) atoms. The van der Waals surface area contributed by atoms with E-state index in [1.165, 1.54) is 11.3 Å². The van der Waals surface area contributed by atoms with Gasteiger partial charge < -0.3 is 0 Å². The molecule has 0 aliphatic heterocycles. The van der Waals surface area contributed by atoms with Crippen LogP contribution in [0.3, 0.4) is 0 Å². The van der Waals surface area contributed by atoms with Crippen LogP contribution in [-0.4, -0.2) is 15.0 Å². The van der Waals surface area contributed by atoms with Crippen molar-refractivity contribution in [3.63, 3.8) is 0 Å². The molecule has 7 heteroatoms. The lowest BCUT2D eigenvalue weighted by atomic mass is 10.3. The van der Waals surface area contributed by atoms with Crippen molar-refractivity contribution in [1.29, 1.82) is 0 Å². The molecule has 0 bridgehead atoms. The number of halogens is 3. The van der Waals surface area contributed by atoms with Crippen molar-refractivity contribution in [2.24, 2.45) is 0 Å². The average Bonchev–Trinajstić information content (AvgIpc) is 2.49. The quantitative estimate of drug-likeness (QED) is 0.806. The van der Waals surface area contributed by atoms with Crippen LogP contribution in [0.2, 0.25) is 10.6 Å². The van der Waals surface area contributed by atoms with E-state index in [1.54, 1.807) is 0 Å². The first-order valence-electron chi connectivity index (χ1n) is 3.46. The molecule has 2 heterocycles. The summed E-state index contributed by atoms with van der Waals surface area (Å²) in [5.41, 5.74) is 0.862. The van der Waals surface area contributed by atoms with Crippen LogP contribution < -0.4 is 0 Å². The molecule has 0 radical (unpaired) electrons. The second-order valence-electron chi connectivity index (χ2n) is 2.33. The summed E-state index contributed by atoms with van der Waals surface area (Å²) in [6.07, 6.45) is 0. The standard InChI is InChI=1S/C7H2BrCl2N3S/c8-4-2-14-1-3(4)5-11-6(9)13-7(10)12-5/h1-2H. The predicted octanol–water partition coefficient (Wildman–Crippen LogP) is 3.67. The molecular formula is C7H2BrCl2N3S. The number of aromatic nitrogens is 3. The van der Waals surface area contributed by atoms with Crippen LogP contribution in [0.25, 0.3) is 11.4 Å². The van der Waals surface area contributed by atoms with Crippen LogP contribution in [0.4, 0.5) is 0 Å². The van der Waals surface area contributed by atoms with Crippen molar-refractivity contribution in [2.45, 2.75) is 0 Å². The fourth-order valence-electron chi connectivity index (χ4n) is 0.887. The molecule has 0 saturated carbocycles. The van der Waals surface area contributed by atoms with Gasteiger partial charge in [-0.05, 0) is 39.1 Å². The molecule has 0 N–H and O–H groups in total. The normalized spacial score (nSPS) is 10.5. The summed E-state index contributed by atoms with van der Waals surface area (Å²) in [6, 6.07) is 0. The molecule has 0 aliphatic rings. The molecule has 0 atom stereocenters. The van der Waals surface area contributed by atoms with E-state index in [1.807, 2.05) is 10.8 Å². The summed E-state index contributed by atoms with van der Waals surface area (Å²) in [7, 11) is 0. The molecular weight excluding hydrogens is 309 g/mol. The smallest absolute Gasteiger partial charge is 0.198 e. The summed E-state index contributed by atoms with van der Waals surface area (Å²) in [4.78, 5) is 11.6. The number of thiophene rings is 1. The Hall–Kier alpha value is -0.230. The Morgan fingerprint density at radius 3 is 2.21 bits per heavy atom. The molecule has 2 rings (SSSR count). The highest BCUT2D eigenvalue weighted by atomic mass is 79.9. The van der Waals surface area contributed by atoms with E-state index in [-0.39, 0.29) is 10.6 Å². The minimum Gasteiger partial charge on any atom is -0.198 e. The van der Waals surface area contributed by atoms with Gasteiger partial charge in [0.1, 0.15) is 0 Å². The second-order valence-corrected chi connectivity index (χ2v) is 4.60. The van der Waals surface area contributed by atoms with E-state index in [0.717, 1.165) is 10.0 Å². The van der Waals surface area contributed by atoms with E-state index >= 15 is 0 Å². The van der Waals surface area contributed by atoms with E-state index < -0.39 is 0 Å². The Morgan fingerprint density at radius 2 is 1.71 bits per heavy atom. The molecule has 0 aliphatic carbocycles. The molecule has 2 aromatic heterocycles. The zero-order valence-electron chi connectivity index (χ0n) is 6.54. The monoisotopic (exact) mass is 309 g/mol. The number of rotatable bonds is 1. The van der Waals surface area contributed by atoms with Crippen molar-refractivity contribution in [2.75, 3.05) is 0 Å². The van der Waals surface area contributed by atoms with Gasteiger partial charge in [0.05, 0.1) is 0 Å². The van der Waals surface area contributed by atoms with E-state index in [9.17, 15) is 0 Å². The summed E-state index contributed by atoms with van der Waals surface area (Å²) in [6.45, 7) is 0. The largest absolute Gasteiger partial charge is 0.227 e. The number of hydrogen-bond acceptors (Lipinski definition) is 4. The van der Waals surface area contributed by atoms with Crippen LogP contribution in [-0.2, 0) is 0 Å². The summed E-state index contributed by atoms with van der Waals surface area (Å²) in [5.74, 6) is 0.475. The first-order valence-corrected chi connectivity index (χ1v) is 5.95. The van der Waals surface area contributed by atoms with Crippen molar-refractivity contribution < 1.29 is 0 Å². The fourth-order valence-corrected chi connectivity index (χ4v) is 2.70. The minimum atomic E-state index is 0.0955. The van der Waals surface area contributed by atoms with Gasteiger partial charge in [-0.2, -0.15) is 26.3 Å². The molecule has 72 valence electrons. The van der Waals surface area contributed by atoms with E-state index in [0.29, 0.717) is 5.82 Å². The fraction of sp³-hybridized carbons (Fsp3) is 0. The molecule has 3 nitrogen and oxygen atoms in total. The zero-order chi connectivity index (χ0) is 10.1. The third-order valence-corrected chi connectivity index (χ3v) is 3.48. The Kier molecular flexibility index (Phi) is 3.02. The Balaban J connectivity index is 2.57. The summed E-state index contributed by atoms with van der Waals surface area (Å²) >= 11 is 16.2. The van der Waals surface area contributed by atoms with Crippen LogP contribution in [0, 0.1) is 0 Å². The summed E-state index contributed by atoms with van der Waals surface area (Å²) in [5, 5.41) is 4.03. The summed E-state index contributed by atoms with van der Waals surface area (Å²) < 4.78 is 0.917.